The molecule has 4 heteroatoms. The fourth-order valence-corrected chi connectivity index (χ4v) is 3.69. The molecule has 4 atom stereocenters. The van der Waals surface area contributed by atoms with E-state index in [1.165, 1.54) is 0 Å². The van der Waals surface area contributed by atoms with E-state index in [1.807, 2.05) is 13.0 Å². The van der Waals surface area contributed by atoms with E-state index in [0.29, 0.717) is 17.5 Å². The Morgan fingerprint density at radius 1 is 1.37 bits per heavy atom. The summed E-state index contributed by atoms with van der Waals surface area (Å²) in [7, 11) is 0. The molecule has 0 heterocycles. The Morgan fingerprint density at radius 2 is 2.11 bits per heavy atom. The van der Waals surface area contributed by atoms with Crippen LogP contribution < -0.4 is 11.1 Å². The summed E-state index contributed by atoms with van der Waals surface area (Å²) in [6.07, 6.45) is 3.35. The van der Waals surface area contributed by atoms with Crippen LogP contribution in [0.2, 0.25) is 0 Å². The molecule has 2 aliphatic carbocycles. The largest absolute Gasteiger partial charge is 0.506 e. The summed E-state index contributed by atoms with van der Waals surface area (Å²) in [4.78, 5) is 12.4. The van der Waals surface area contributed by atoms with E-state index in [4.69, 9.17) is 5.73 Å². The van der Waals surface area contributed by atoms with Crippen LogP contribution in [0.15, 0.2) is 18.2 Å². The predicted octanol–water partition coefficient (Wildman–Crippen LogP) is 2.01. The molecule has 1 aromatic carbocycles. The van der Waals surface area contributed by atoms with Crippen molar-refractivity contribution in [3.63, 3.8) is 0 Å². The number of carbonyl (C=O) groups excluding carboxylic acids is 1. The summed E-state index contributed by atoms with van der Waals surface area (Å²) in [5.41, 5.74) is 7.65. The van der Waals surface area contributed by atoms with Gasteiger partial charge in [0.25, 0.3) is 0 Å². The van der Waals surface area contributed by atoms with Crippen molar-refractivity contribution in [1.82, 2.24) is 0 Å². The maximum atomic E-state index is 12.4. The van der Waals surface area contributed by atoms with Gasteiger partial charge in [-0.1, -0.05) is 6.07 Å². The third kappa shape index (κ3) is 2.10. The van der Waals surface area contributed by atoms with E-state index in [0.717, 1.165) is 24.8 Å². The topological polar surface area (TPSA) is 75.3 Å². The summed E-state index contributed by atoms with van der Waals surface area (Å²) in [6, 6.07) is 5.18. The summed E-state index contributed by atoms with van der Waals surface area (Å²) < 4.78 is 0. The van der Waals surface area contributed by atoms with Crippen molar-refractivity contribution in [3.05, 3.63) is 23.8 Å². The van der Waals surface area contributed by atoms with Crippen molar-refractivity contribution in [2.24, 2.45) is 23.5 Å². The molecule has 19 heavy (non-hydrogen) atoms. The summed E-state index contributed by atoms with van der Waals surface area (Å²) in [6.45, 7) is 1.93. The molecule has 2 bridgehead atoms. The van der Waals surface area contributed by atoms with Crippen LogP contribution in [0.1, 0.15) is 24.8 Å². The Labute approximate surface area is 113 Å². The Balaban J connectivity index is 1.77. The Kier molecular flexibility index (Phi) is 2.97. The number of anilines is 1. The molecular weight excluding hydrogens is 240 g/mol. The third-order valence-corrected chi connectivity index (χ3v) is 4.69. The molecule has 1 amide bonds. The second kappa shape index (κ2) is 4.53. The van der Waals surface area contributed by atoms with Crippen LogP contribution in [0.25, 0.3) is 0 Å². The molecule has 1 aromatic rings. The van der Waals surface area contributed by atoms with E-state index in [-0.39, 0.29) is 23.6 Å². The van der Waals surface area contributed by atoms with Crippen LogP contribution in [0.5, 0.6) is 5.75 Å². The van der Waals surface area contributed by atoms with Gasteiger partial charge in [0.2, 0.25) is 5.91 Å². The van der Waals surface area contributed by atoms with E-state index in [2.05, 4.69) is 5.32 Å². The fraction of sp³-hybridized carbons (Fsp3) is 0.533. The molecule has 4 nitrogen and oxygen atoms in total. The molecule has 4 N–H and O–H groups in total. The predicted molar refractivity (Wildman–Crippen MR) is 73.8 cm³/mol. The molecule has 0 unspecified atom stereocenters. The number of benzene rings is 1. The van der Waals surface area contributed by atoms with Gasteiger partial charge in [-0.25, -0.2) is 0 Å². The maximum absolute atomic E-state index is 12.4. The van der Waals surface area contributed by atoms with Gasteiger partial charge in [0.1, 0.15) is 5.75 Å². The van der Waals surface area contributed by atoms with Gasteiger partial charge in [-0.05, 0) is 55.7 Å². The summed E-state index contributed by atoms with van der Waals surface area (Å²) >= 11 is 0. The quantitative estimate of drug-likeness (QED) is 0.712. The number of nitrogens with two attached hydrogens (primary N) is 1. The summed E-state index contributed by atoms with van der Waals surface area (Å²) in [5.74, 6) is 0.897. The third-order valence-electron chi connectivity index (χ3n) is 4.69. The number of fused-ring (bicyclic) bond motifs is 2. The van der Waals surface area contributed by atoms with Gasteiger partial charge in [-0.2, -0.15) is 0 Å². The normalized spacial score (nSPS) is 32.5. The number of aromatic hydroxyl groups is 1. The number of phenolic OH excluding ortho intramolecular Hbond substituents is 1. The van der Waals surface area contributed by atoms with Crippen LogP contribution in [0.4, 0.5) is 5.69 Å². The average Bonchev–Trinajstić information content (AvgIpc) is 2.94. The van der Waals surface area contributed by atoms with Crippen molar-refractivity contribution in [2.45, 2.75) is 32.2 Å². The first-order valence-corrected chi connectivity index (χ1v) is 6.92. The van der Waals surface area contributed by atoms with Gasteiger partial charge in [0, 0.05) is 6.04 Å². The fourth-order valence-electron chi connectivity index (χ4n) is 3.69. The van der Waals surface area contributed by atoms with Crippen LogP contribution >= 0.6 is 0 Å². The van der Waals surface area contributed by atoms with Crippen molar-refractivity contribution in [1.29, 1.82) is 0 Å². The zero-order valence-electron chi connectivity index (χ0n) is 11.1. The second-order valence-corrected chi connectivity index (χ2v) is 5.95. The Morgan fingerprint density at radius 3 is 2.79 bits per heavy atom. The minimum absolute atomic E-state index is 0.0225. The molecule has 2 aliphatic rings. The van der Waals surface area contributed by atoms with Crippen molar-refractivity contribution in [3.8, 4) is 5.75 Å². The highest BCUT2D eigenvalue weighted by Gasteiger charge is 2.49. The van der Waals surface area contributed by atoms with Crippen molar-refractivity contribution in [2.75, 3.05) is 5.32 Å². The number of hydrogen-bond acceptors (Lipinski definition) is 3. The Bertz CT molecular complexity index is 513. The lowest BCUT2D eigenvalue weighted by atomic mass is 9.84. The monoisotopic (exact) mass is 260 g/mol. The SMILES string of the molecule is Cc1ccc(O)c(NC(=O)[C@@H]2[C@H]3CC[C@@H](C3)[C@@H]2N)c1. The molecule has 0 spiro atoms. The standard InChI is InChI=1S/C15H20N2O2/c1-8-2-5-12(18)11(6-8)17-15(19)13-9-3-4-10(7-9)14(13)16/h2,5-6,9-10,13-14,18H,3-4,7,16H2,1H3,(H,17,19)/t9-,10-,13+,14-/m0/s1. The van der Waals surface area contributed by atoms with Crippen LogP contribution in [0, 0.1) is 24.7 Å². The number of hydrogen-bond donors (Lipinski definition) is 3. The maximum Gasteiger partial charge on any atom is 0.229 e. The number of phenols is 1. The lowest BCUT2D eigenvalue weighted by Gasteiger charge is -2.27. The zero-order chi connectivity index (χ0) is 13.6. The minimum Gasteiger partial charge on any atom is -0.506 e. The van der Waals surface area contributed by atoms with Gasteiger partial charge in [0.05, 0.1) is 11.6 Å². The van der Waals surface area contributed by atoms with E-state index >= 15 is 0 Å². The zero-order valence-corrected chi connectivity index (χ0v) is 11.1. The molecule has 0 radical (unpaired) electrons. The smallest absolute Gasteiger partial charge is 0.229 e. The number of aryl methyl sites for hydroxylation is 1. The number of carbonyl (C=O) groups is 1. The molecule has 2 fully saturated rings. The van der Waals surface area contributed by atoms with Gasteiger partial charge < -0.3 is 16.2 Å². The first-order valence-electron chi connectivity index (χ1n) is 6.92. The van der Waals surface area contributed by atoms with Gasteiger partial charge in [-0.15, -0.1) is 0 Å². The molecular formula is C15H20N2O2. The summed E-state index contributed by atoms with van der Waals surface area (Å²) in [5, 5.41) is 12.6. The minimum atomic E-state index is -0.0985. The van der Waals surface area contributed by atoms with Crippen LogP contribution in [0.3, 0.4) is 0 Å². The van der Waals surface area contributed by atoms with Gasteiger partial charge >= 0.3 is 0 Å². The molecule has 102 valence electrons. The lowest BCUT2D eigenvalue weighted by molar-refractivity contribution is -0.121. The van der Waals surface area contributed by atoms with Crippen LogP contribution in [-0.2, 0) is 4.79 Å². The first-order chi connectivity index (χ1) is 9.06. The average molecular weight is 260 g/mol. The van der Waals surface area contributed by atoms with Crippen molar-refractivity contribution >= 4 is 11.6 Å². The molecule has 0 aromatic heterocycles. The van der Waals surface area contributed by atoms with Gasteiger partial charge in [0.15, 0.2) is 0 Å². The number of nitrogens with one attached hydrogen (secondary N) is 1. The number of rotatable bonds is 2. The number of amides is 1. The first kappa shape index (κ1) is 12.5. The highest BCUT2D eigenvalue weighted by atomic mass is 16.3. The highest BCUT2D eigenvalue weighted by Crippen LogP contribution is 2.48. The highest BCUT2D eigenvalue weighted by molar-refractivity contribution is 5.95. The lowest BCUT2D eigenvalue weighted by Crippen LogP contribution is -2.42. The van der Waals surface area contributed by atoms with E-state index in [9.17, 15) is 9.90 Å². The molecule has 0 saturated heterocycles. The van der Waals surface area contributed by atoms with E-state index < -0.39 is 0 Å². The molecule has 3 rings (SSSR count). The second-order valence-electron chi connectivity index (χ2n) is 5.95. The molecule has 2 saturated carbocycles. The van der Waals surface area contributed by atoms with Gasteiger partial charge in [-0.3, -0.25) is 4.79 Å². The Hall–Kier alpha value is -1.55. The van der Waals surface area contributed by atoms with Crippen molar-refractivity contribution < 1.29 is 9.90 Å². The van der Waals surface area contributed by atoms with E-state index in [1.54, 1.807) is 12.1 Å². The van der Waals surface area contributed by atoms with Crippen LogP contribution in [-0.4, -0.2) is 17.1 Å². The molecule has 0 aliphatic heterocycles.